The van der Waals surface area contributed by atoms with Crippen molar-refractivity contribution in [3.63, 3.8) is 0 Å². The second kappa shape index (κ2) is 19.7. The third-order valence-corrected chi connectivity index (χ3v) is 1.02. The van der Waals surface area contributed by atoms with Crippen molar-refractivity contribution in [3.8, 4) is 0 Å². The third-order valence-electron chi connectivity index (χ3n) is 1.02. The summed E-state index contributed by atoms with van der Waals surface area (Å²) in [5.74, 6) is -2.47. The van der Waals surface area contributed by atoms with Crippen LogP contribution in [0.3, 0.4) is 0 Å². The molecule has 0 aliphatic heterocycles. The summed E-state index contributed by atoms with van der Waals surface area (Å²) in [5.41, 5.74) is 9.81. The van der Waals surface area contributed by atoms with Gasteiger partial charge in [0.05, 0.1) is 0 Å². The zero-order valence-electron chi connectivity index (χ0n) is 10.8. The molecule has 6 N–H and O–H groups in total. The van der Waals surface area contributed by atoms with Crippen molar-refractivity contribution in [2.45, 2.75) is 25.8 Å². The Morgan fingerprint density at radius 2 is 1.41 bits per heavy atom. The van der Waals surface area contributed by atoms with Crippen molar-refractivity contribution in [3.05, 3.63) is 0 Å². The van der Waals surface area contributed by atoms with Crippen LogP contribution in [0.5, 0.6) is 0 Å². The van der Waals surface area contributed by atoms with E-state index in [0.29, 0.717) is 0 Å². The summed E-state index contributed by atoms with van der Waals surface area (Å²) in [6, 6.07) is -0.979. The molecule has 0 aliphatic carbocycles. The summed E-state index contributed by atoms with van der Waals surface area (Å²) in [7, 11) is 0. The van der Waals surface area contributed by atoms with Crippen LogP contribution in [-0.2, 0) is 14.4 Å². The first-order valence-electron chi connectivity index (χ1n) is 3.73. The summed E-state index contributed by atoms with van der Waals surface area (Å²) >= 11 is 0. The molecule has 0 heterocycles. The molecule has 17 heavy (non-hydrogen) atoms. The van der Waals surface area contributed by atoms with Gasteiger partial charge in [0.2, 0.25) is 5.91 Å². The summed E-state index contributed by atoms with van der Waals surface area (Å²) in [5, 5.41) is 15.6. The molecule has 0 rings (SSSR count). The molecule has 0 aromatic rings. The average Bonchev–Trinajstić information content (AvgIpc) is 1.98. The van der Waals surface area contributed by atoms with E-state index in [1.807, 2.05) is 0 Å². The van der Waals surface area contributed by atoms with E-state index >= 15 is 0 Å². The first-order valence-corrected chi connectivity index (χ1v) is 3.73. The monoisotopic (exact) mass is 275 g/mol. The van der Waals surface area contributed by atoms with Crippen LogP contribution in [0.25, 0.3) is 0 Å². The molecule has 0 fully saturated rings. The Morgan fingerprint density at radius 1 is 1.12 bits per heavy atom. The van der Waals surface area contributed by atoms with Gasteiger partial charge in [-0.2, -0.15) is 0 Å². The van der Waals surface area contributed by atoms with Crippen LogP contribution in [0.1, 0.15) is 19.8 Å². The molecule has 0 aromatic heterocycles. The summed E-state index contributed by atoms with van der Waals surface area (Å²) in [6.07, 6.45) is 0.123. The molecule has 1 atom stereocenters. The van der Waals surface area contributed by atoms with Gasteiger partial charge >= 0.3 is 5.97 Å². The molecular weight excluding hydrogens is 261 g/mol. The number of carboxylic acid groups (broad SMARTS) is 2. The van der Waals surface area contributed by atoms with Gasteiger partial charge in [0.25, 0.3) is 5.97 Å². The van der Waals surface area contributed by atoms with Gasteiger partial charge < -0.3 is 21.7 Å². The van der Waals surface area contributed by atoms with Gasteiger partial charge in [-0.3, -0.25) is 14.4 Å². The molecule has 0 aliphatic rings. The molecule has 7 nitrogen and oxygen atoms in total. The van der Waals surface area contributed by atoms with Crippen LogP contribution in [0.2, 0.25) is 0 Å². The predicted octanol–water partition coefficient (Wildman–Crippen LogP) is -2.39. The SMILES string of the molecule is CC(=O)O.NC(=O)CC[C@H](N)C(=O)O.[Na].[Na].[Na]. The van der Waals surface area contributed by atoms with Crippen molar-refractivity contribution >= 4 is 107 Å². The number of aliphatic carboxylic acids is 2. The number of hydrogen-bond donors (Lipinski definition) is 4. The Morgan fingerprint density at radius 3 is 1.59 bits per heavy atom. The van der Waals surface area contributed by atoms with Crippen LogP contribution in [0.15, 0.2) is 0 Å². The van der Waals surface area contributed by atoms with Crippen molar-refractivity contribution in [1.29, 1.82) is 0 Å². The van der Waals surface area contributed by atoms with Gasteiger partial charge in [0.15, 0.2) is 0 Å². The van der Waals surface area contributed by atoms with Crippen LogP contribution < -0.4 is 11.5 Å². The first-order chi connectivity index (χ1) is 6.27. The molecular formula is C7H14N2Na3O5. The van der Waals surface area contributed by atoms with E-state index in [0.717, 1.165) is 6.92 Å². The summed E-state index contributed by atoms with van der Waals surface area (Å²) in [4.78, 5) is 29.1. The minimum Gasteiger partial charge on any atom is -0.481 e. The Labute approximate surface area is 166 Å². The molecule has 0 unspecified atom stereocenters. The van der Waals surface area contributed by atoms with Crippen molar-refractivity contribution in [1.82, 2.24) is 0 Å². The maximum atomic E-state index is 10.1. The number of carbonyl (C=O) groups is 3. The quantitative estimate of drug-likeness (QED) is 0.421. The zero-order chi connectivity index (χ0) is 11.7. The number of amides is 1. The fraction of sp³-hybridized carbons (Fsp3) is 0.571. The second-order valence-corrected chi connectivity index (χ2v) is 2.47. The summed E-state index contributed by atoms with van der Waals surface area (Å²) < 4.78 is 0. The van der Waals surface area contributed by atoms with Gasteiger partial charge in [-0.15, -0.1) is 0 Å². The van der Waals surface area contributed by atoms with Gasteiger partial charge in [0.1, 0.15) is 6.04 Å². The van der Waals surface area contributed by atoms with Gasteiger partial charge in [-0.1, -0.05) is 0 Å². The molecule has 10 heteroatoms. The first kappa shape index (κ1) is 31.0. The number of rotatable bonds is 4. The Bertz CT molecular complexity index is 224. The van der Waals surface area contributed by atoms with E-state index in [4.69, 9.17) is 26.5 Å². The molecule has 0 spiro atoms. The molecule has 0 saturated heterocycles. The minimum atomic E-state index is -1.11. The number of carboxylic acids is 2. The molecule has 0 bridgehead atoms. The van der Waals surface area contributed by atoms with E-state index in [9.17, 15) is 9.59 Å². The molecule has 0 aromatic carbocycles. The molecule has 3 radical (unpaired) electrons. The standard InChI is InChI=1S/C5H10N2O3.C2H4O2.3Na/c6-3(5(9)10)1-2-4(7)8;1-2(3)4;;;/h3H,1-2,6H2,(H2,7,8)(H,9,10);1H3,(H,3,4);;;/t3-;;;;/m0..../s1. The van der Waals surface area contributed by atoms with Crippen molar-refractivity contribution < 1.29 is 24.6 Å². The molecule has 85 valence electrons. The molecule has 1 amide bonds. The Hall–Kier alpha value is 1.37. The van der Waals surface area contributed by atoms with E-state index in [2.05, 4.69) is 0 Å². The number of nitrogens with two attached hydrogens (primary N) is 2. The van der Waals surface area contributed by atoms with Crippen LogP contribution in [-0.4, -0.2) is 123 Å². The fourth-order valence-corrected chi connectivity index (χ4v) is 0.421. The summed E-state index contributed by atoms with van der Waals surface area (Å²) in [6.45, 7) is 1.08. The maximum Gasteiger partial charge on any atom is 0.320 e. The van der Waals surface area contributed by atoms with Crippen LogP contribution in [0.4, 0.5) is 0 Å². The predicted molar refractivity (Wildman–Crippen MR) is 64.6 cm³/mol. The van der Waals surface area contributed by atoms with E-state index in [1.54, 1.807) is 0 Å². The number of primary amides is 1. The Kier molecular flexibility index (Phi) is 35.9. The Balaban J connectivity index is -0.0000000607. The minimum absolute atomic E-state index is 0. The zero-order valence-corrected chi connectivity index (χ0v) is 16.8. The normalized spacial score (nSPS) is 8.82. The van der Waals surface area contributed by atoms with E-state index in [1.165, 1.54) is 0 Å². The fourth-order valence-electron chi connectivity index (χ4n) is 0.421. The van der Waals surface area contributed by atoms with E-state index in [-0.39, 0.29) is 102 Å². The molecule has 0 saturated carbocycles. The topological polar surface area (TPSA) is 144 Å². The van der Waals surface area contributed by atoms with E-state index < -0.39 is 23.9 Å². The maximum absolute atomic E-state index is 10.1. The van der Waals surface area contributed by atoms with Crippen molar-refractivity contribution in [2.24, 2.45) is 11.5 Å². The number of carbonyl (C=O) groups excluding carboxylic acids is 1. The van der Waals surface area contributed by atoms with Crippen molar-refractivity contribution in [2.75, 3.05) is 0 Å². The smallest absolute Gasteiger partial charge is 0.320 e. The van der Waals surface area contributed by atoms with Crippen LogP contribution >= 0.6 is 0 Å². The third kappa shape index (κ3) is 38.2. The van der Waals surface area contributed by atoms with Crippen LogP contribution in [0, 0.1) is 0 Å². The van der Waals surface area contributed by atoms with Gasteiger partial charge in [-0.25, -0.2) is 0 Å². The number of hydrogen-bond acceptors (Lipinski definition) is 4. The average molecular weight is 275 g/mol. The van der Waals surface area contributed by atoms with Gasteiger partial charge in [-0.05, 0) is 6.42 Å². The second-order valence-electron chi connectivity index (χ2n) is 2.47. The largest absolute Gasteiger partial charge is 0.481 e. The van der Waals surface area contributed by atoms with Gasteiger partial charge in [0, 0.05) is 102 Å².